The van der Waals surface area contributed by atoms with Crippen LogP contribution in [0.15, 0.2) is 60.8 Å². The van der Waals surface area contributed by atoms with Crippen molar-refractivity contribution >= 4 is 0 Å². The third kappa shape index (κ3) is 6.35. The van der Waals surface area contributed by atoms with Crippen molar-refractivity contribution in [3.8, 4) is 33.9 Å². The SMILES string of the molecule is [CH2-][n+]1ccccc1-c1[c-]ccc(-c2ccc(OCCCC)c(OCCCC)c2)c1.[Ir]. The molecule has 30 heavy (non-hydrogen) atoms. The van der Waals surface area contributed by atoms with E-state index in [2.05, 4.69) is 51.2 Å². The van der Waals surface area contributed by atoms with E-state index in [0.717, 1.165) is 59.6 Å². The molecule has 3 nitrogen and oxygen atoms in total. The summed E-state index contributed by atoms with van der Waals surface area (Å²) in [6.45, 7) is 5.74. The van der Waals surface area contributed by atoms with Crippen molar-refractivity contribution in [2.24, 2.45) is 0 Å². The zero-order chi connectivity index (χ0) is 20.5. The monoisotopic (exact) mass is 581 g/mol. The van der Waals surface area contributed by atoms with E-state index in [0.29, 0.717) is 13.2 Å². The summed E-state index contributed by atoms with van der Waals surface area (Å²) in [6, 6.07) is 21.7. The summed E-state index contributed by atoms with van der Waals surface area (Å²) >= 11 is 0. The van der Waals surface area contributed by atoms with Gasteiger partial charge >= 0.3 is 0 Å². The summed E-state index contributed by atoms with van der Waals surface area (Å²) in [5, 5.41) is 0. The second-order valence-electron chi connectivity index (χ2n) is 7.11. The molecule has 0 unspecified atom stereocenters. The predicted octanol–water partition coefficient (Wildman–Crippen LogP) is 6.10. The molecule has 0 aliphatic carbocycles. The van der Waals surface area contributed by atoms with Gasteiger partial charge in [0.25, 0.3) is 0 Å². The summed E-state index contributed by atoms with van der Waals surface area (Å²) in [6.07, 6.45) is 6.22. The first-order valence-corrected chi connectivity index (χ1v) is 10.5. The van der Waals surface area contributed by atoms with Crippen LogP contribution in [0.4, 0.5) is 0 Å². The number of aromatic nitrogens is 1. The van der Waals surface area contributed by atoms with Crippen LogP contribution in [0, 0.1) is 13.1 Å². The van der Waals surface area contributed by atoms with Crippen molar-refractivity contribution in [3.63, 3.8) is 0 Å². The van der Waals surface area contributed by atoms with Gasteiger partial charge in [0.05, 0.1) is 19.4 Å². The van der Waals surface area contributed by atoms with E-state index >= 15 is 0 Å². The largest absolute Gasteiger partial charge is 0.490 e. The molecule has 0 N–H and O–H groups in total. The van der Waals surface area contributed by atoms with E-state index in [1.54, 1.807) is 0 Å². The Hall–Kier alpha value is -2.29. The van der Waals surface area contributed by atoms with Gasteiger partial charge in [0.15, 0.2) is 11.5 Å². The molecule has 0 atom stereocenters. The number of ether oxygens (including phenoxy) is 2. The van der Waals surface area contributed by atoms with Crippen molar-refractivity contribution < 1.29 is 34.1 Å². The maximum absolute atomic E-state index is 6.06. The minimum Gasteiger partial charge on any atom is -0.490 e. The van der Waals surface area contributed by atoms with Crippen LogP contribution in [0.5, 0.6) is 11.5 Å². The van der Waals surface area contributed by atoms with Gasteiger partial charge in [-0.25, -0.2) is 0 Å². The molecule has 3 rings (SSSR count). The standard InChI is InChI=1S/C26H30NO2.Ir/c1-4-6-17-28-25-15-14-22(20-26(25)29-18-7-5-2)21-11-10-12-23(19-21)24-13-8-9-16-27(24)3;/h8-11,13-16,19-20H,3-7,17-18H2,1-2H3;/q-1;. The Labute approximate surface area is 194 Å². The minimum absolute atomic E-state index is 0. The van der Waals surface area contributed by atoms with Crippen LogP contribution in [-0.4, -0.2) is 13.2 Å². The maximum atomic E-state index is 6.06. The van der Waals surface area contributed by atoms with E-state index in [9.17, 15) is 0 Å². The van der Waals surface area contributed by atoms with E-state index in [1.807, 2.05) is 41.1 Å². The number of pyridine rings is 1. The first kappa shape index (κ1) is 24.0. The summed E-state index contributed by atoms with van der Waals surface area (Å²) < 4.78 is 13.9. The first-order valence-electron chi connectivity index (χ1n) is 10.5. The second-order valence-corrected chi connectivity index (χ2v) is 7.11. The predicted molar refractivity (Wildman–Crippen MR) is 118 cm³/mol. The topological polar surface area (TPSA) is 22.3 Å². The van der Waals surface area contributed by atoms with Gasteiger partial charge in [-0.05, 0) is 36.6 Å². The molecule has 0 saturated carbocycles. The smallest absolute Gasteiger partial charge is 0.161 e. The van der Waals surface area contributed by atoms with Crippen LogP contribution in [0.25, 0.3) is 22.4 Å². The molecule has 0 aliphatic rings. The molecule has 0 saturated heterocycles. The Kier molecular flexibility index (Phi) is 9.93. The molecule has 1 radical (unpaired) electrons. The van der Waals surface area contributed by atoms with Crippen LogP contribution >= 0.6 is 0 Å². The van der Waals surface area contributed by atoms with Crippen molar-refractivity contribution in [2.75, 3.05) is 13.2 Å². The van der Waals surface area contributed by atoms with Gasteiger partial charge in [0.1, 0.15) is 5.69 Å². The molecule has 0 spiro atoms. The van der Waals surface area contributed by atoms with Crippen molar-refractivity contribution in [2.45, 2.75) is 39.5 Å². The number of benzene rings is 2. The number of unbranched alkanes of at least 4 members (excludes halogenated alkanes) is 2. The Balaban J connectivity index is 0.00000320. The van der Waals surface area contributed by atoms with Crippen molar-refractivity contribution in [3.05, 3.63) is 73.9 Å². The summed E-state index contributed by atoms with van der Waals surface area (Å²) in [5.74, 6) is 1.63. The summed E-state index contributed by atoms with van der Waals surface area (Å²) in [7, 11) is 4.06. The Morgan fingerprint density at radius 2 is 1.57 bits per heavy atom. The third-order valence-corrected chi connectivity index (χ3v) is 4.81. The van der Waals surface area contributed by atoms with E-state index in [4.69, 9.17) is 9.47 Å². The molecule has 1 aromatic heterocycles. The molecule has 1 heterocycles. The molecule has 0 bridgehead atoms. The quantitative estimate of drug-likeness (QED) is 0.164. The average Bonchev–Trinajstić information content (AvgIpc) is 2.75. The Morgan fingerprint density at radius 3 is 2.27 bits per heavy atom. The van der Waals surface area contributed by atoms with Crippen LogP contribution in [0.3, 0.4) is 0 Å². The fraction of sp³-hybridized carbons (Fsp3) is 0.308. The van der Waals surface area contributed by atoms with Gasteiger partial charge in [0, 0.05) is 27.2 Å². The molecular weight excluding hydrogens is 551 g/mol. The minimum atomic E-state index is 0. The number of nitrogens with zero attached hydrogens (tertiary/aromatic N) is 1. The number of rotatable bonds is 10. The number of hydrogen-bond acceptors (Lipinski definition) is 2. The first-order chi connectivity index (χ1) is 14.2. The second kappa shape index (κ2) is 12.4. The van der Waals surface area contributed by atoms with Crippen LogP contribution in [0.2, 0.25) is 0 Å². The maximum Gasteiger partial charge on any atom is 0.161 e. The summed E-state index contributed by atoms with van der Waals surface area (Å²) in [5.41, 5.74) is 4.24. The van der Waals surface area contributed by atoms with Crippen LogP contribution < -0.4 is 14.0 Å². The third-order valence-electron chi connectivity index (χ3n) is 4.81. The molecular formula is C26H30IrNO2-. The average molecular weight is 581 g/mol. The van der Waals surface area contributed by atoms with E-state index in [1.165, 1.54) is 0 Å². The van der Waals surface area contributed by atoms with E-state index in [-0.39, 0.29) is 20.1 Å². The van der Waals surface area contributed by atoms with E-state index < -0.39 is 0 Å². The molecule has 4 heteroatoms. The molecule has 0 fully saturated rings. The normalized spacial score (nSPS) is 10.3. The van der Waals surface area contributed by atoms with Gasteiger partial charge in [-0.3, -0.25) is 0 Å². The fourth-order valence-electron chi connectivity index (χ4n) is 3.09. The van der Waals surface area contributed by atoms with Gasteiger partial charge in [0.2, 0.25) is 0 Å². The summed E-state index contributed by atoms with van der Waals surface area (Å²) in [4.78, 5) is 0. The zero-order valence-corrected chi connectivity index (χ0v) is 20.2. The molecule has 3 aromatic rings. The molecule has 0 amide bonds. The zero-order valence-electron chi connectivity index (χ0n) is 17.8. The Bertz CT molecular complexity index is 926. The van der Waals surface area contributed by atoms with Crippen LogP contribution in [0.1, 0.15) is 39.5 Å². The fourth-order valence-corrected chi connectivity index (χ4v) is 3.09. The molecule has 0 aliphatic heterocycles. The van der Waals surface area contributed by atoms with Gasteiger partial charge < -0.3 is 14.0 Å². The van der Waals surface area contributed by atoms with Gasteiger partial charge in [-0.2, -0.15) is 0 Å². The van der Waals surface area contributed by atoms with Gasteiger partial charge in [-0.15, -0.1) is 29.8 Å². The number of hydrogen-bond donors (Lipinski definition) is 0. The van der Waals surface area contributed by atoms with Crippen molar-refractivity contribution in [1.82, 2.24) is 0 Å². The molecule has 161 valence electrons. The Morgan fingerprint density at radius 1 is 0.867 bits per heavy atom. The van der Waals surface area contributed by atoms with Crippen LogP contribution in [-0.2, 0) is 20.1 Å². The van der Waals surface area contributed by atoms with Crippen molar-refractivity contribution in [1.29, 1.82) is 0 Å². The molecule has 2 aromatic carbocycles. The van der Waals surface area contributed by atoms with Gasteiger partial charge in [-0.1, -0.05) is 50.5 Å².